The Labute approximate surface area is 127 Å². The Hall–Kier alpha value is -1.86. The highest BCUT2D eigenvalue weighted by Gasteiger charge is 2.17. The Morgan fingerprint density at radius 1 is 1.38 bits per heavy atom. The summed E-state index contributed by atoms with van der Waals surface area (Å²) in [4.78, 5) is 4.71. The third-order valence-electron chi connectivity index (χ3n) is 3.43. The van der Waals surface area contributed by atoms with E-state index in [0.717, 1.165) is 34.4 Å². The van der Waals surface area contributed by atoms with Gasteiger partial charge in [0.15, 0.2) is 5.16 Å². The molecule has 0 saturated carbocycles. The van der Waals surface area contributed by atoms with Gasteiger partial charge in [-0.2, -0.15) is 0 Å². The number of aryl methyl sites for hydroxylation is 1. The number of aromatic nitrogens is 5. The molecular formula is C14H18N6S. The van der Waals surface area contributed by atoms with Gasteiger partial charge in [0.2, 0.25) is 0 Å². The van der Waals surface area contributed by atoms with Crippen molar-refractivity contribution in [2.75, 3.05) is 0 Å². The molecule has 7 heteroatoms. The molecule has 21 heavy (non-hydrogen) atoms. The molecule has 0 bridgehead atoms. The van der Waals surface area contributed by atoms with E-state index in [1.807, 2.05) is 36.0 Å². The minimum Gasteiger partial charge on any atom is -0.327 e. The molecule has 0 aliphatic carbocycles. The van der Waals surface area contributed by atoms with E-state index in [0.29, 0.717) is 0 Å². The number of imidazole rings is 1. The van der Waals surface area contributed by atoms with Crippen LogP contribution in [-0.2, 0) is 13.5 Å². The van der Waals surface area contributed by atoms with Gasteiger partial charge in [-0.25, -0.2) is 4.98 Å². The van der Waals surface area contributed by atoms with Gasteiger partial charge in [0, 0.05) is 25.7 Å². The van der Waals surface area contributed by atoms with Gasteiger partial charge in [-0.05, 0) is 30.3 Å². The van der Waals surface area contributed by atoms with Crippen molar-refractivity contribution >= 4 is 17.4 Å². The van der Waals surface area contributed by atoms with Gasteiger partial charge in [-0.1, -0.05) is 13.0 Å². The van der Waals surface area contributed by atoms with Crippen LogP contribution in [0.5, 0.6) is 0 Å². The molecule has 6 nitrogen and oxygen atoms in total. The van der Waals surface area contributed by atoms with E-state index in [1.165, 1.54) is 11.8 Å². The van der Waals surface area contributed by atoms with Crippen molar-refractivity contribution in [2.45, 2.75) is 36.0 Å². The monoisotopic (exact) mass is 302 g/mol. The number of pyridine rings is 1. The van der Waals surface area contributed by atoms with E-state index in [4.69, 9.17) is 10.7 Å². The standard InChI is InChI=1S/C14H18N6S/c1-3-10(15)8-11-13(21-14-18-16-9-19(14)2)17-12-6-4-5-7-20(11)12/h4-7,9-10H,3,8,15H2,1-2H3. The van der Waals surface area contributed by atoms with Crippen LogP contribution in [0.3, 0.4) is 0 Å². The molecule has 1 atom stereocenters. The second kappa shape index (κ2) is 5.87. The summed E-state index contributed by atoms with van der Waals surface area (Å²) in [6.45, 7) is 2.10. The number of rotatable bonds is 5. The van der Waals surface area contributed by atoms with E-state index in [9.17, 15) is 0 Å². The Balaban J connectivity index is 2.03. The van der Waals surface area contributed by atoms with Gasteiger partial charge in [-0.15, -0.1) is 10.2 Å². The Bertz CT molecular complexity index is 747. The fraction of sp³-hybridized carbons (Fsp3) is 0.357. The molecule has 1 unspecified atom stereocenters. The molecule has 3 aromatic rings. The van der Waals surface area contributed by atoms with Crippen molar-refractivity contribution in [3.63, 3.8) is 0 Å². The molecular weight excluding hydrogens is 284 g/mol. The van der Waals surface area contributed by atoms with E-state index >= 15 is 0 Å². The van der Waals surface area contributed by atoms with Gasteiger partial charge >= 0.3 is 0 Å². The largest absolute Gasteiger partial charge is 0.327 e. The van der Waals surface area contributed by atoms with Crippen LogP contribution in [0.25, 0.3) is 5.65 Å². The second-order valence-corrected chi connectivity index (χ2v) is 5.95. The maximum atomic E-state index is 6.14. The predicted octanol–water partition coefficient (Wildman–Crippen LogP) is 1.89. The number of hydrogen-bond donors (Lipinski definition) is 1. The summed E-state index contributed by atoms with van der Waals surface area (Å²) in [6, 6.07) is 6.13. The molecule has 110 valence electrons. The zero-order chi connectivity index (χ0) is 14.8. The summed E-state index contributed by atoms with van der Waals surface area (Å²) in [5.41, 5.74) is 8.21. The van der Waals surface area contributed by atoms with Crippen LogP contribution in [0.2, 0.25) is 0 Å². The van der Waals surface area contributed by atoms with Crippen molar-refractivity contribution < 1.29 is 0 Å². The minimum absolute atomic E-state index is 0.129. The lowest BCUT2D eigenvalue weighted by Crippen LogP contribution is -2.22. The van der Waals surface area contributed by atoms with E-state index in [-0.39, 0.29) is 6.04 Å². The fourth-order valence-electron chi connectivity index (χ4n) is 2.14. The summed E-state index contributed by atoms with van der Waals surface area (Å²) >= 11 is 1.53. The van der Waals surface area contributed by atoms with Gasteiger partial charge < -0.3 is 14.7 Å². The first-order valence-corrected chi connectivity index (χ1v) is 7.74. The third-order valence-corrected chi connectivity index (χ3v) is 4.50. The van der Waals surface area contributed by atoms with Crippen LogP contribution in [0, 0.1) is 0 Å². The molecule has 0 aliphatic rings. The van der Waals surface area contributed by atoms with Crippen LogP contribution < -0.4 is 5.73 Å². The normalized spacial score (nSPS) is 12.9. The molecule has 0 aliphatic heterocycles. The zero-order valence-electron chi connectivity index (χ0n) is 12.1. The fourth-order valence-corrected chi connectivity index (χ4v) is 3.03. The van der Waals surface area contributed by atoms with Crippen LogP contribution in [-0.4, -0.2) is 30.2 Å². The SMILES string of the molecule is CCC(N)Cc1c(Sc2nncn2C)nc2ccccn12. The Morgan fingerprint density at radius 2 is 2.24 bits per heavy atom. The van der Waals surface area contributed by atoms with Crippen molar-refractivity contribution in [3.8, 4) is 0 Å². The van der Waals surface area contributed by atoms with Crippen molar-refractivity contribution in [2.24, 2.45) is 12.8 Å². The molecule has 0 radical (unpaired) electrons. The topological polar surface area (TPSA) is 74.0 Å². The van der Waals surface area contributed by atoms with Gasteiger partial charge in [0.25, 0.3) is 0 Å². The summed E-state index contributed by atoms with van der Waals surface area (Å²) in [7, 11) is 1.93. The molecule has 0 amide bonds. The van der Waals surface area contributed by atoms with E-state index in [2.05, 4.69) is 21.5 Å². The van der Waals surface area contributed by atoms with Crippen LogP contribution in [0.1, 0.15) is 19.0 Å². The first kappa shape index (κ1) is 14.1. The molecule has 0 aromatic carbocycles. The lowest BCUT2D eigenvalue weighted by atomic mass is 10.1. The predicted molar refractivity (Wildman–Crippen MR) is 82.3 cm³/mol. The number of nitrogens with two attached hydrogens (primary N) is 1. The molecule has 0 saturated heterocycles. The summed E-state index contributed by atoms with van der Waals surface area (Å²) < 4.78 is 3.99. The summed E-state index contributed by atoms with van der Waals surface area (Å²) in [5, 5.41) is 9.80. The number of fused-ring (bicyclic) bond motifs is 1. The molecule has 0 spiro atoms. The molecule has 3 rings (SSSR count). The molecule has 2 N–H and O–H groups in total. The average Bonchev–Trinajstić information content (AvgIpc) is 3.04. The number of hydrogen-bond acceptors (Lipinski definition) is 5. The van der Waals surface area contributed by atoms with E-state index < -0.39 is 0 Å². The highest BCUT2D eigenvalue weighted by atomic mass is 32.2. The van der Waals surface area contributed by atoms with E-state index in [1.54, 1.807) is 6.33 Å². The Kier molecular flexibility index (Phi) is 3.94. The second-order valence-electron chi connectivity index (χ2n) is 4.99. The smallest absolute Gasteiger partial charge is 0.197 e. The van der Waals surface area contributed by atoms with Gasteiger partial charge in [0.05, 0.1) is 5.69 Å². The van der Waals surface area contributed by atoms with Crippen molar-refractivity contribution in [1.82, 2.24) is 24.1 Å². The third kappa shape index (κ3) is 2.79. The van der Waals surface area contributed by atoms with Crippen molar-refractivity contribution in [3.05, 3.63) is 36.4 Å². The lowest BCUT2D eigenvalue weighted by Gasteiger charge is -2.10. The lowest BCUT2D eigenvalue weighted by molar-refractivity contribution is 0.626. The highest BCUT2D eigenvalue weighted by Crippen LogP contribution is 2.29. The summed E-state index contributed by atoms with van der Waals surface area (Å²) in [6.07, 6.45) is 5.45. The molecule has 3 aromatic heterocycles. The molecule has 3 heterocycles. The van der Waals surface area contributed by atoms with Crippen LogP contribution >= 0.6 is 11.8 Å². The molecule has 0 fully saturated rings. The Morgan fingerprint density at radius 3 is 2.95 bits per heavy atom. The number of nitrogens with zero attached hydrogens (tertiary/aromatic N) is 5. The highest BCUT2D eigenvalue weighted by molar-refractivity contribution is 7.99. The van der Waals surface area contributed by atoms with Crippen molar-refractivity contribution in [1.29, 1.82) is 0 Å². The summed E-state index contributed by atoms with van der Waals surface area (Å²) in [5.74, 6) is 0. The van der Waals surface area contributed by atoms with Crippen LogP contribution in [0.15, 0.2) is 40.9 Å². The zero-order valence-corrected chi connectivity index (χ0v) is 12.9. The van der Waals surface area contributed by atoms with Gasteiger partial charge in [0.1, 0.15) is 17.0 Å². The average molecular weight is 302 g/mol. The minimum atomic E-state index is 0.129. The maximum Gasteiger partial charge on any atom is 0.197 e. The quantitative estimate of drug-likeness (QED) is 0.779. The maximum absolute atomic E-state index is 6.14. The van der Waals surface area contributed by atoms with Crippen LogP contribution in [0.4, 0.5) is 0 Å². The first-order valence-electron chi connectivity index (χ1n) is 6.92. The first-order chi connectivity index (χ1) is 10.2. The van der Waals surface area contributed by atoms with Gasteiger partial charge in [-0.3, -0.25) is 0 Å².